The highest BCUT2D eigenvalue weighted by molar-refractivity contribution is 7.80. The summed E-state index contributed by atoms with van der Waals surface area (Å²) >= 11 is 5.67. The second-order valence-corrected chi connectivity index (χ2v) is 5.10. The van der Waals surface area contributed by atoms with Crippen molar-refractivity contribution in [3.05, 3.63) is 48.0 Å². The third-order valence-corrected chi connectivity index (χ3v) is 3.70. The molecule has 2 rings (SSSR count). The van der Waals surface area contributed by atoms with Gasteiger partial charge in [-0.1, -0.05) is 54.7 Å². The van der Waals surface area contributed by atoms with E-state index in [1.54, 1.807) is 0 Å². The first kappa shape index (κ1) is 13.0. The Morgan fingerprint density at radius 3 is 2.44 bits per heavy atom. The molecular formula is C16H19NS. The first-order valence-electron chi connectivity index (χ1n) is 6.44. The van der Waals surface area contributed by atoms with Gasteiger partial charge in [-0.2, -0.15) is 0 Å². The Bertz CT molecular complexity index is 555. The van der Waals surface area contributed by atoms with E-state index in [4.69, 9.17) is 12.2 Å². The van der Waals surface area contributed by atoms with Gasteiger partial charge in [0, 0.05) is 18.2 Å². The van der Waals surface area contributed by atoms with Gasteiger partial charge in [0.25, 0.3) is 0 Å². The molecule has 0 N–H and O–H groups in total. The SMILES string of the molecule is CCN(C(=S)c1cccc2ccccc12)C(C)C. The number of benzene rings is 2. The number of fused-ring (bicyclic) bond motifs is 1. The van der Waals surface area contributed by atoms with E-state index in [0.29, 0.717) is 6.04 Å². The van der Waals surface area contributed by atoms with E-state index in [1.807, 2.05) is 0 Å². The summed E-state index contributed by atoms with van der Waals surface area (Å²) in [6, 6.07) is 15.2. The predicted molar refractivity (Wildman–Crippen MR) is 83.2 cm³/mol. The van der Waals surface area contributed by atoms with Crippen LogP contribution in [0, 0.1) is 0 Å². The molecule has 0 radical (unpaired) electrons. The Morgan fingerprint density at radius 1 is 1.11 bits per heavy atom. The maximum atomic E-state index is 5.67. The molecule has 18 heavy (non-hydrogen) atoms. The largest absolute Gasteiger partial charge is 0.360 e. The van der Waals surface area contributed by atoms with Crippen LogP contribution in [0.1, 0.15) is 26.3 Å². The van der Waals surface area contributed by atoms with Crippen molar-refractivity contribution >= 4 is 28.0 Å². The van der Waals surface area contributed by atoms with Gasteiger partial charge in [-0.3, -0.25) is 0 Å². The second kappa shape index (κ2) is 5.49. The lowest BCUT2D eigenvalue weighted by Gasteiger charge is -2.28. The van der Waals surface area contributed by atoms with E-state index < -0.39 is 0 Å². The Hall–Kier alpha value is -1.41. The lowest BCUT2D eigenvalue weighted by Crippen LogP contribution is -2.36. The molecule has 0 saturated carbocycles. The molecule has 0 bridgehead atoms. The standard InChI is InChI=1S/C16H19NS/c1-4-17(12(2)3)16(18)15-11-7-9-13-8-5-6-10-14(13)15/h5-12H,4H2,1-3H3. The van der Waals surface area contributed by atoms with Crippen molar-refractivity contribution in [1.82, 2.24) is 4.90 Å². The first-order chi connectivity index (χ1) is 8.65. The highest BCUT2D eigenvalue weighted by Gasteiger charge is 2.14. The Kier molecular flexibility index (Phi) is 3.97. The van der Waals surface area contributed by atoms with Crippen molar-refractivity contribution in [2.75, 3.05) is 6.54 Å². The molecule has 0 unspecified atom stereocenters. The summed E-state index contributed by atoms with van der Waals surface area (Å²) < 4.78 is 0. The summed E-state index contributed by atoms with van der Waals surface area (Å²) in [6.07, 6.45) is 0. The molecule has 2 aromatic rings. The smallest absolute Gasteiger partial charge is 0.110 e. The van der Waals surface area contributed by atoms with Crippen LogP contribution in [0.2, 0.25) is 0 Å². The number of nitrogens with zero attached hydrogens (tertiary/aromatic N) is 1. The van der Waals surface area contributed by atoms with Crippen LogP contribution in [0.25, 0.3) is 10.8 Å². The maximum Gasteiger partial charge on any atom is 0.110 e. The van der Waals surface area contributed by atoms with Gasteiger partial charge in [0.05, 0.1) is 0 Å². The van der Waals surface area contributed by atoms with Gasteiger partial charge >= 0.3 is 0 Å². The van der Waals surface area contributed by atoms with Crippen LogP contribution < -0.4 is 0 Å². The average Bonchev–Trinajstić information content (AvgIpc) is 2.38. The summed E-state index contributed by atoms with van der Waals surface area (Å²) in [5.74, 6) is 0. The molecule has 0 atom stereocenters. The first-order valence-corrected chi connectivity index (χ1v) is 6.84. The fourth-order valence-electron chi connectivity index (χ4n) is 2.31. The van der Waals surface area contributed by atoms with Crippen molar-refractivity contribution in [3.63, 3.8) is 0 Å². The highest BCUT2D eigenvalue weighted by Crippen LogP contribution is 2.21. The van der Waals surface area contributed by atoms with Crippen LogP contribution >= 0.6 is 12.2 Å². The van der Waals surface area contributed by atoms with Crippen LogP contribution in [0.3, 0.4) is 0 Å². The van der Waals surface area contributed by atoms with Gasteiger partial charge in [-0.15, -0.1) is 0 Å². The van der Waals surface area contributed by atoms with Gasteiger partial charge < -0.3 is 4.90 Å². The molecule has 2 heteroatoms. The lowest BCUT2D eigenvalue weighted by atomic mass is 10.0. The number of hydrogen-bond acceptors (Lipinski definition) is 1. The third-order valence-electron chi connectivity index (χ3n) is 3.24. The summed E-state index contributed by atoms with van der Waals surface area (Å²) in [4.78, 5) is 3.21. The molecule has 0 fully saturated rings. The molecule has 0 aliphatic heterocycles. The Labute approximate surface area is 114 Å². The zero-order chi connectivity index (χ0) is 13.1. The van der Waals surface area contributed by atoms with Crippen LogP contribution in [-0.4, -0.2) is 22.5 Å². The zero-order valence-electron chi connectivity index (χ0n) is 11.2. The Morgan fingerprint density at radius 2 is 1.78 bits per heavy atom. The van der Waals surface area contributed by atoms with E-state index in [0.717, 1.165) is 11.5 Å². The Balaban J connectivity index is 2.51. The van der Waals surface area contributed by atoms with Crippen molar-refractivity contribution in [2.24, 2.45) is 0 Å². The summed E-state index contributed by atoms with van der Waals surface area (Å²) in [6.45, 7) is 7.46. The minimum Gasteiger partial charge on any atom is -0.360 e. The van der Waals surface area contributed by atoms with E-state index in [-0.39, 0.29) is 0 Å². The molecule has 0 aliphatic rings. The van der Waals surface area contributed by atoms with Crippen LogP contribution in [0.4, 0.5) is 0 Å². The van der Waals surface area contributed by atoms with E-state index >= 15 is 0 Å². The molecule has 1 nitrogen and oxygen atoms in total. The van der Waals surface area contributed by atoms with E-state index in [1.165, 1.54) is 16.3 Å². The number of rotatable bonds is 3. The monoisotopic (exact) mass is 257 g/mol. The molecule has 0 heterocycles. The molecule has 0 aliphatic carbocycles. The summed E-state index contributed by atoms with van der Waals surface area (Å²) in [5, 5.41) is 2.49. The van der Waals surface area contributed by atoms with Gasteiger partial charge in [0.2, 0.25) is 0 Å². The molecule has 0 spiro atoms. The van der Waals surface area contributed by atoms with Crippen molar-refractivity contribution in [1.29, 1.82) is 0 Å². The molecule has 0 aromatic heterocycles. The lowest BCUT2D eigenvalue weighted by molar-refractivity contribution is 0.374. The van der Waals surface area contributed by atoms with Gasteiger partial charge in [0.1, 0.15) is 4.99 Å². The average molecular weight is 257 g/mol. The van der Waals surface area contributed by atoms with Gasteiger partial charge in [-0.25, -0.2) is 0 Å². The molecule has 0 amide bonds. The van der Waals surface area contributed by atoms with E-state index in [9.17, 15) is 0 Å². The highest BCUT2D eigenvalue weighted by atomic mass is 32.1. The number of hydrogen-bond donors (Lipinski definition) is 0. The van der Waals surface area contributed by atoms with Crippen molar-refractivity contribution in [3.8, 4) is 0 Å². The quantitative estimate of drug-likeness (QED) is 0.756. The fraction of sp³-hybridized carbons (Fsp3) is 0.312. The van der Waals surface area contributed by atoms with Crippen LogP contribution in [0.15, 0.2) is 42.5 Å². The maximum absolute atomic E-state index is 5.67. The van der Waals surface area contributed by atoms with Crippen molar-refractivity contribution < 1.29 is 0 Å². The molecule has 94 valence electrons. The van der Waals surface area contributed by atoms with E-state index in [2.05, 4.69) is 68.1 Å². The summed E-state index contributed by atoms with van der Waals surface area (Å²) in [5.41, 5.74) is 1.17. The minimum absolute atomic E-state index is 0.432. The third kappa shape index (κ3) is 2.39. The fourth-order valence-corrected chi connectivity index (χ4v) is 2.83. The van der Waals surface area contributed by atoms with Crippen molar-refractivity contribution in [2.45, 2.75) is 26.8 Å². The van der Waals surface area contributed by atoms with Gasteiger partial charge in [0.15, 0.2) is 0 Å². The summed E-state index contributed by atoms with van der Waals surface area (Å²) in [7, 11) is 0. The predicted octanol–water partition coefficient (Wildman–Crippen LogP) is 4.25. The van der Waals surface area contributed by atoms with Gasteiger partial charge in [-0.05, 0) is 31.5 Å². The zero-order valence-corrected chi connectivity index (χ0v) is 12.0. The van der Waals surface area contributed by atoms with Crippen LogP contribution in [0.5, 0.6) is 0 Å². The number of thiocarbonyl (C=S) groups is 1. The topological polar surface area (TPSA) is 3.24 Å². The molecule has 0 saturated heterocycles. The normalized spacial score (nSPS) is 10.9. The second-order valence-electron chi connectivity index (χ2n) is 4.71. The minimum atomic E-state index is 0.432. The van der Waals surface area contributed by atoms with Crippen LogP contribution in [-0.2, 0) is 0 Å². The molecular weight excluding hydrogens is 238 g/mol. The molecule has 2 aromatic carbocycles.